The Balaban J connectivity index is 2.92. The molecule has 0 unspecified atom stereocenters. The monoisotopic (exact) mass is 194 g/mol. The number of rotatable bonds is 1. The van der Waals surface area contributed by atoms with Gasteiger partial charge in [0.1, 0.15) is 6.07 Å². The van der Waals surface area contributed by atoms with Crippen LogP contribution in [0.2, 0.25) is 0 Å². The normalized spacial score (nSPS) is 19.5. The fraction of sp³-hybridized carbons (Fsp3) is 0.500. The lowest BCUT2D eigenvalue weighted by molar-refractivity contribution is 0.712. The lowest BCUT2D eigenvalue weighted by Crippen LogP contribution is -1.93. The lowest BCUT2D eigenvalue weighted by Gasteiger charge is -2.05. The second-order valence-electron chi connectivity index (χ2n) is 3.18. The summed E-state index contributed by atoms with van der Waals surface area (Å²) in [6.45, 7) is 0. The van der Waals surface area contributed by atoms with Crippen molar-refractivity contribution in [2.75, 3.05) is 0 Å². The minimum Gasteiger partial charge on any atom is -0.404 e. The van der Waals surface area contributed by atoms with Crippen molar-refractivity contribution in [2.45, 2.75) is 32.1 Å². The molecule has 0 aromatic heterocycles. The van der Waals surface area contributed by atoms with Crippen LogP contribution in [-0.2, 0) is 0 Å². The van der Waals surface area contributed by atoms with E-state index in [1.807, 2.05) is 0 Å². The van der Waals surface area contributed by atoms with Gasteiger partial charge in [0.05, 0.1) is 5.57 Å². The predicted octanol–water partition coefficient (Wildman–Crippen LogP) is 2.50. The van der Waals surface area contributed by atoms with E-state index in [0.717, 1.165) is 29.7 Å². The number of nitriles is 1. The molecule has 0 amide bonds. The van der Waals surface area contributed by atoms with Gasteiger partial charge in [-0.1, -0.05) is 6.42 Å². The second kappa shape index (κ2) is 4.98. The zero-order valence-corrected chi connectivity index (χ0v) is 8.48. The van der Waals surface area contributed by atoms with Gasteiger partial charge in [0.2, 0.25) is 0 Å². The molecule has 1 rings (SSSR count). The predicted molar refractivity (Wildman–Crippen MR) is 57.0 cm³/mol. The summed E-state index contributed by atoms with van der Waals surface area (Å²) in [5.74, 6) is 0. The molecule has 0 saturated heterocycles. The molecule has 0 aromatic carbocycles. The molecule has 1 aliphatic carbocycles. The van der Waals surface area contributed by atoms with E-state index in [2.05, 4.69) is 18.7 Å². The Morgan fingerprint density at radius 3 is 2.69 bits per heavy atom. The molecule has 0 heterocycles. The van der Waals surface area contributed by atoms with Gasteiger partial charge in [0.15, 0.2) is 0 Å². The fourth-order valence-corrected chi connectivity index (χ4v) is 1.95. The average Bonchev–Trinajstić information content (AvgIpc) is 2.34. The average molecular weight is 194 g/mol. The van der Waals surface area contributed by atoms with Crippen LogP contribution in [0.1, 0.15) is 32.1 Å². The molecule has 0 saturated carbocycles. The first-order valence-corrected chi connectivity index (χ1v) is 4.97. The molecular formula is C10H14N2S. The summed E-state index contributed by atoms with van der Waals surface area (Å²) in [7, 11) is 0. The van der Waals surface area contributed by atoms with Crippen molar-refractivity contribution in [2.24, 2.45) is 5.73 Å². The zero-order chi connectivity index (χ0) is 9.68. The van der Waals surface area contributed by atoms with Crippen molar-refractivity contribution in [1.29, 1.82) is 5.26 Å². The van der Waals surface area contributed by atoms with E-state index < -0.39 is 0 Å². The van der Waals surface area contributed by atoms with Gasteiger partial charge < -0.3 is 5.73 Å². The maximum absolute atomic E-state index is 8.82. The van der Waals surface area contributed by atoms with E-state index in [9.17, 15) is 0 Å². The first-order valence-electron chi connectivity index (χ1n) is 4.53. The van der Waals surface area contributed by atoms with Gasteiger partial charge in [-0.3, -0.25) is 0 Å². The minimum atomic E-state index is 0.590. The zero-order valence-electron chi connectivity index (χ0n) is 7.58. The van der Waals surface area contributed by atoms with Crippen LogP contribution < -0.4 is 5.73 Å². The van der Waals surface area contributed by atoms with Crippen LogP contribution >= 0.6 is 12.6 Å². The molecule has 0 radical (unpaired) electrons. The first-order chi connectivity index (χ1) is 6.29. The van der Waals surface area contributed by atoms with Crippen LogP contribution in [-0.4, -0.2) is 0 Å². The van der Waals surface area contributed by atoms with Crippen LogP contribution in [0.15, 0.2) is 22.3 Å². The second-order valence-corrected chi connectivity index (χ2v) is 3.72. The smallest absolute Gasteiger partial charge is 0.101 e. The molecule has 1 aliphatic rings. The van der Waals surface area contributed by atoms with Gasteiger partial charge in [0, 0.05) is 6.20 Å². The van der Waals surface area contributed by atoms with Crippen LogP contribution in [0.25, 0.3) is 0 Å². The van der Waals surface area contributed by atoms with Gasteiger partial charge in [0.25, 0.3) is 0 Å². The molecule has 0 atom stereocenters. The SMILES string of the molecule is N#C/C(=C\N)C1=C(S)CCCCC1. The molecule has 0 aromatic rings. The first kappa shape index (κ1) is 10.2. The number of nitrogens with two attached hydrogens (primary N) is 1. The van der Waals surface area contributed by atoms with E-state index in [1.54, 1.807) is 0 Å². The Hall–Kier alpha value is -0.880. The van der Waals surface area contributed by atoms with Gasteiger partial charge in [-0.05, 0) is 36.2 Å². The minimum absolute atomic E-state index is 0.590. The quantitative estimate of drug-likeness (QED) is 0.497. The van der Waals surface area contributed by atoms with Gasteiger partial charge in [-0.25, -0.2) is 0 Å². The molecular weight excluding hydrogens is 180 g/mol. The van der Waals surface area contributed by atoms with E-state index in [-0.39, 0.29) is 0 Å². The maximum Gasteiger partial charge on any atom is 0.101 e. The summed E-state index contributed by atoms with van der Waals surface area (Å²) >= 11 is 4.40. The summed E-state index contributed by atoms with van der Waals surface area (Å²) in [5, 5.41) is 8.82. The molecule has 0 spiro atoms. The van der Waals surface area contributed by atoms with Gasteiger partial charge >= 0.3 is 0 Å². The largest absolute Gasteiger partial charge is 0.404 e. The topological polar surface area (TPSA) is 49.8 Å². The van der Waals surface area contributed by atoms with E-state index in [4.69, 9.17) is 11.0 Å². The Morgan fingerprint density at radius 2 is 2.08 bits per heavy atom. The highest BCUT2D eigenvalue weighted by Gasteiger charge is 2.12. The highest BCUT2D eigenvalue weighted by molar-refractivity contribution is 7.84. The number of hydrogen-bond donors (Lipinski definition) is 2. The summed E-state index contributed by atoms with van der Waals surface area (Å²) in [4.78, 5) is 1.04. The number of allylic oxidation sites excluding steroid dienone is 3. The van der Waals surface area contributed by atoms with Crippen molar-refractivity contribution < 1.29 is 0 Å². The van der Waals surface area contributed by atoms with Crippen molar-refractivity contribution in [1.82, 2.24) is 0 Å². The molecule has 0 bridgehead atoms. The molecule has 70 valence electrons. The van der Waals surface area contributed by atoms with Gasteiger partial charge in [-0.2, -0.15) is 5.26 Å². The number of thiol groups is 1. The number of hydrogen-bond acceptors (Lipinski definition) is 3. The molecule has 3 heteroatoms. The Labute approximate surface area is 84.5 Å². The van der Waals surface area contributed by atoms with Crippen molar-refractivity contribution in [3.05, 3.63) is 22.3 Å². The Bertz CT molecular complexity index is 284. The third-order valence-corrected chi connectivity index (χ3v) is 2.79. The summed E-state index contributed by atoms with van der Waals surface area (Å²) in [5.41, 5.74) is 7.01. The summed E-state index contributed by atoms with van der Waals surface area (Å²) in [6, 6.07) is 2.11. The maximum atomic E-state index is 8.82. The van der Waals surface area contributed by atoms with E-state index in [0.29, 0.717) is 5.57 Å². The van der Waals surface area contributed by atoms with Crippen LogP contribution in [0, 0.1) is 11.3 Å². The third-order valence-electron chi connectivity index (χ3n) is 2.30. The molecule has 0 aliphatic heterocycles. The lowest BCUT2D eigenvalue weighted by atomic mass is 10.0. The van der Waals surface area contributed by atoms with Crippen molar-refractivity contribution >= 4 is 12.6 Å². The molecule has 13 heavy (non-hydrogen) atoms. The molecule has 2 nitrogen and oxygen atoms in total. The van der Waals surface area contributed by atoms with E-state index >= 15 is 0 Å². The Morgan fingerprint density at radius 1 is 1.38 bits per heavy atom. The van der Waals surface area contributed by atoms with Gasteiger partial charge in [-0.15, -0.1) is 12.6 Å². The summed E-state index contributed by atoms with van der Waals surface area (Å²) in [6.07, 6.45) is 6.84. The highest BCUT2D eigenvalue weighted by Crippen LogP contribution is 2.29. The van der Waals surface area contributed by atoms with Crippen LogP contribution in [0.4, 0.5) is 0 Å². The molecule has 2 N–H and O–H groups in total. The Kier molecular flexibility index (Phi) is 3.91. The van der Waals surface area contributed by atoms with Crippen molar-refractivity contribution in [3.8, 4) is 6.07 Å². The van der Waals surface area contributed by atoms with Crippen LogP contribution in [0.5, 0.6) is 0 Å². The molecule has 0 fully saturated rings. The highest BCUT2D eigenvalue weighted by atomic mass is 32.1. The fourth-order valence-electron chi connectivity index (χ4n) is 1.56. The number of nitrogens with zero attached hydrogens (tertiary/aromatic N) is 1. The van der Waals surface area contributed by atoms with Crippen molar-refractivity contribution in [3.63, 3.8) is 0 Å². The standard InChI is InChI=1S/C10H14N2S/c11-6-8(7-12)9-4-2-1-3-5-10(9)13/h6,13H,1-5,11H2/b8-6+. The van der Waals surface area contributed by atoms with Crippen LogP contribution in [0.3, 0.4) is 0 Å². The van der Waals surface area contributed by atoms with E-state index in [1.165, 1.54) is 19.0 Å². The summed E-state index contributed by atoms with van der Waals surface area (Å²) < 4.78 is 0. The third kappa shape index (κ3) is 2.53.